The van der Waals surface area contributed by atoms with Gasteiger partial charge in [0.25, 0.3) is 5.69 Å². The predicted molar refractivity (Wildman–Crippen MR) is 61.5 cm³/mol. The normalized spacial score (nSPS) is 9.94. The summed E-state index contributed by atoms with van der Waals surface area (Å²) in [6.45, 7) is 3.51. The number of rotatable bonds is 3. The quantitative estimate of drug-likeness (QED) is 0.487. The van der Waals surface area contributed by atoms with Crippen LogP contribution in [0.5, 0.6) is 0 Å². The molecular formula is C10H10BrNO4. The van der Waals surface area contributed by atoms with Crippen molar-refractivity contribution in [2.75, 3.05) is 6.61 Å². The fraction of sp³-hybridized carbons (Fsp3) is 0.300. The fourth-order valence-corrected chi connectivity index (χ4v) is 2.00. The number of nitro groups is 1. The Balaban J connectivity index is 3.29. The highest BCUT2D eigenvalue weighted by Crippen LogP contribution is 2.32. The second-order valence-electron chi connectivity index (χ2n) is 3.07. The Morgan fingerprint density at radius 2 is 2.19 bits per heavy atom. The van der Waals surface area contributed by atoms with Gasteiger partial charge < -0.3 is 4.74 Å². The molecule has 1 aromatic carbocycles. The summed E-state index contributed by atoms with van der Waals surface area (Å²) in [4.78, 5) is 21.7. The highest BCUT2D eigenvalue weighted by atomic mass is 79.9. The van der Waals surface area contributed by atoms with Crippen LogP contribution in [0.3, 0.4) is 0 Å². The highest BCUT2D eigenvalue weighted by Gasteiger charge is 2.22. The maximum Gasteiger partial charge on any atom is 0.339 e. The number of nitrogens with zero attached hydrogens (tertiary/aromatic N) is 1. The lowest BCUT2D eigenvalue weighted by Gasteiger charge is -2.06. The molecule has 1 rings (SSSR count). The number of esters is 1. The molecule has 0 radical (unpaired) electrons. The van der Waals surface area contributed by atoms with E-state index in [1.165, 1.54) is 12.1 Å². The first-order valence-electron chi connectivity index (χ1n) is 4.59. The average Bonchev–Trinajstić information content (AvgIpc) is 2.17. The van der Waals surface area contributed by atoms with Gasteiger partial charge in [-0.25, -0.2) is 4.79 Å². The second kappa shape index (κ2) is 5.07. The van der Waals surface area contributed by atoms with Crippen molar-refractivity contribution in [3.05, 3.63) is 37.8 Å². The Labute approximate surface area is 101 Å². The number of hydrogen-bond donors (Lipinski definition) is 0. The minimum atomic E-state index is -0.572. The molecule has 0 spiro atoms. The van der Waals surface area contributed by atoms with E-state index in [1.54, 1.807) is 13.8 Å². The third-order valence-corrected chi connectivity index (χ3v) is 2.80. The van der Waals surface area contributed by atoms with Gasteiger partial charge in [0.05, 0.1) is 17.1 Å². The van der Waals surface area contributed by atoms with Crippen molar-refractivity contribution in [3.63, 3.8) is 0 Å². The second-order valence-corrected chi connectivity index (χ2v) is 3.86. The molecule has 0 bridgehead atoms. The first-order valence-corrected chi connectivity index (χ1v) is 5.39. The van der Waals surface area contributed by atoms with Crippen molar-refractivity contribution in [1.82, 2.24) is 0 Å². The molecule has 0 amide bonds. The van der Waals surface area contributed by atoms with Gasteiger partial charge in [0.1, 0.15) is 4.47 Å². The van der Waals surface area contributed by atoms with Crippen LogP contribution in [-0.4, -0.2) is 17.5 Å². The molecule has 0 saturated heterocycles. The minimum absolute atomic E-state index is 0.106. The van der Waals surface area contributed by atoms with E-state index >= 15 is 0 Å². The van der Waals surface area contributed by atoms with Gasteiger partial charge in [-0.3, -0.25) is 10.1 Å². The molecule has 5 nitrogen and oxygen atoms in total. The van der Waals surface area contributed by atoms with Crippen LogP contribution in [0, 0.1) is 17.0 Å². The number of carbonyl (C=O) groups is 1. The van der Waals surface area contributed by atoms with Crippen LogP contribution in [0.25, 0.3) is 0 Å². The van der Waals surface area contributed by atoms with E-state index in [0.29, 0.717) is 5.56 Å². The summed E-state index contributed by atoms with van der Waals surface area (Å²) in [7, 11) is 0. The maximum atomic E-state index is 11.5. The molecule has 0 fully saturated rings. The molecule has 86 valence electrons. The molecule has 0 aromatic heterocycles. The van der Waals surface area contributed by atoms with E-state index in [4.69, 9.17) is 4.74 Å². The van der Waals surface area contributed by atoms with Crippen LogP contribution in [0.2, 0.25) is 0 Å². The van der Waals surface area contributed by atoms with Crippen molar-refractivity contribution >= 4 is 27.6 Å². The van der Waals surface area contributed by atoms with E-state index in [0.717, 1.165) is 0 Å². The summed E-state index contributed by atoms with van der Waals surface area (Å²) in [5, 5.41) is 10.8. The lowest BCUT2D eigenvalue weighted by molar-refractivity contribution is -0.386. The van der Waals surface area contributed by atoms with Crippen molar-refractivity contribution in [2.45, 2.75) is 13.8 Å². The largest absolute Gasteiger partial charge is 0.462 e. The molecule has 0 atom stereocenters. The van der Waals surface area contributed by atoms with E-state index in [2.05, 4.69) is 15.9 Å². The van der Waals surface area contributed by atoms with Gasteiger partial charge >= 0.3 is 5.97 Å². The summed E-state index contributed by atoms with van der Waals surface area (Å²) < 4.78 is 4.95. The number of hydrogen-bond acceptors (Lipinski definition) is 4. The molecule has 6 heteroatoms. The van der Waals surface area contributed by atoms with Crippen molar-refractivity contribution in [2.24, 2.45) is 0 Å². The van der Waals surface area contributed by atoms with Gasteiger partial charge in [-0.15, -0.1) is 0 Å². The summed E-state index contributed by atoms with van der Waals surface area (Å²) in [5.74, 6) is -0.572. The zero-order valence-electron chi connectivity index (χ0n) is 8.82. The molecular weight excluding hydrogens is 278 g/mol. The Kier molecular flexibility index (Phi) is 4.00. The summed E-state index contributed by atoms with van der Waals surface area (Å²) in [6, 6.07) is 3.03. The van der Waals surface area contributed by atoms with Gasteiger partial charge in [0, 0.05) is 5.56 Å². The van der Waals surface area contributed by atoms with Crippen molar-refractivity contribution in [1.29, 1.82) is 0 Å². The zero-order chi connectivity index (χ0) is 12.3. The molecule has 0 N–H and O–H groups in total. The van der Waals surface area contributed by atoms with Gasteiger partial charge in [0.15, 0.2) is 0 Å². The Bertz CT molecular complexity index is 445. The van der Waals surface area contributed by atoms with Crippen LogP contribution >= 0.6 is 15.9 Å². The molecule has 0 unspecified atom stereocenters. The number of aryl methyl sites for hydroxylation is 1. The van der Waals surface area contributed by atoms with E-state index in [-0.39, 0.29) is 22.3 Å². The van der Waals surface area contributed by atoms with E-state index < -0.39 is 10.9 Å². The predicted octanol–water partition coefficient (Wildman–Crippen LogP) is 2.84. The van der Waals surface area contributed by atoms with Gasteiger partial charge in [-0.2, -0.15) is 0 Å². The lowest BCUT2D eigenvalue weighted by atomic mass is 10.1. The van der Waals surface area contributed by atoms with Crippen LogP contribution in [-0.2, 0) is 4.74 Å². The third kappa shape index (κ3) is 2.38. The molecule has 16 heavy (non-hydrogen) atoms. The molecule has 1 aromatic rings. The number of ether oxygens (including phenoxy) is 1. The Morgan fingerprint density at radius 3 is 2.69 bits per heavy atom. The number of nitro benzene ring substituents is 1. The summed E-state index contributed by atoms with van der Waals surface area (Å²) >= 11 is 3.06. The Morgan fingerprint density at radius 1 is 1.56 bits per heavy atom. The summed E-state index contributed by atoms with van der Waals surface area (Å²) in [5.41, 5.74) is 0.551. The number of benzene rings is 1. The smallest absolute Gasteiger partial charge is 0.339 e. The van der Waals surface area contributed by atoms with Crippen LogP contribution in [0.4, 0.5) is 5.69 Å². The maximum absolute atomic E-state index is 11.5. The van der Waals surface area contributed by atoms with Crippen molar-refractivity contribution < 1.29 is 14.5 Å². The van der Waals surface area contributed by atoms with Crippen molar-refractivity contribution in [3.8, 4) is 0 Å². The summed E-state index contributed by atoms with van der Waals surface area (Å²) in [6.07, 6.45) is 0. The number of carbonyl (C=O) groups excluding carboxylic acids is 1. The molecule has 0 aliphatic heterocycles. The molecule has 0 aliphatic rings. The molecule has 0 saturated carbocycles. The third-order valence-electron chi connectivity index (χ3n) is 2.00. The molecule has 0 heterocycles. The van der Waals surface area contributed by atoms with Gasteiger partial charge in [-0.1, -0.05) is 6.07 Å². The first-order chi connectivity index (χ1) is 7.49. The van der Waals surface area contributed by atoms with Crippen LogP contribution in [0.1, 0.15) is 22.8 Å². The molecule has 0 aliphatic carbocycles. The first kappa shape index (κ1) is 12.6. The van der Waals surface area contributed by atoms with E-state index in [9.17, 15) is 14.9 Å². The fourth-order valence-electron chi connectivity index (χ4n) is 1.25. The van der Waals surface area contributed by atoms with Gasteiger partial charge in [0.2, 0.25) is 0 Å². The van der Waals surface area contributed by atoms with Crippen LogP contribution < -0.4 is 0 Å². The zero-order valence-corrected chi connectivity index (χ0v) is 10.4. The van der Waals surface area contributed by atoms with E-state index in [1.807, 2.05) is 0 Å². The standard InChI is InChI=1S/C10H10BrNO4/c1-3-16-10(13)7-5-4-6(2)9(8(7)11)12(14)15/h4-5H,3H2,1-2H3. The lowest BCUT2D eigenvalue weighted by Crippen LogP contribution is -2.07. The number of halogens is 1. The van der Waals surface area contributed by atoms with Crippen LogP contribution in [0.15, 0.2) is 16.6 Å². The van der Waals surface area contributed by atoms with Gasteiger partial charge in [-0.05, 0) is 35.8 Å². The monoisotopic (exact) mass is 287 g/mol. The minimum Gasteiger partial charge on any atom is -0.462 e. The topological polar surface area (TPSA) is 69.4 Å². The highest BCUT2D eigenvalue weighted by molar-refractivity contribution is 9.10. The SMILES string of the molecule is CCOC(=O)c1ccc(C)c([N+](=O)[O-])c1Br. The Hall–Kier alpha value is -1.43. The average molecular weight is 288 g/mol.